The summed E-state index contributed by atoms with van der Waals surface area (Å²) in [6, 6.07) is 0. The standard InChI is InChI=1S/C9H16O2/c1-6(2)7(3)5-8(4)9(10)11/h5-7H,1-4H3,(H,10,11)/b8-5+/t7-/m1/s1. The van der Waals surface area contributed by atoms with E-state index in [1.54, 1.807) is 13.0 Å². The van der Waals surface area contributed by atoms with Crippen molar-refractivity contribution in [2.45, 2.75) is 27.7 Å². The van der Waals surface area contributed by atoms with Crippen LogP contribution < -0.4 is 0 Å². The maximum Gasteiger partial charge on any atom is 0.330 e. The molecule has 0 fully saturated rings. The third-order valence-electron chi connectivity index (χ3n) is 1.90. The number of carbonyl (C=O) groups is 1. The number of hydrogen-bond donors (Lipinski definition) is 1. The second kappa shape index (κ2) is 4.16. The largest absolute Gasteiger partial charge is 0.478 e. The van der Waals surface area contributed by atoms with Gasteiger partial charge in [-0.3, -0.25) is 0 Å². The Hall–Kier alpha value is -0.790. The molecule has 2 heteroatoms. The molecule has 64 valence electrons. The van der Waals surface area contributed by atoms with Crippen LogP contribution in [0.15, 0.2) is 11.6 Å². The van der Waals surface area contributed by atoms with E-state index in [2.05, 4.69) is 13.8 Å². The normalized spacial score (nSPS) is 15.2. The molecule has 2 nitrogen and oxygen atoms in total. The maximum atomic E-state index is 10.4. The third kappa shape index (κ3) is 3.81. The van der Waals surface area contributed by atoms with E-state index in [9.17, 15) is 4.79 Å². The minimum atomic E-state index is -0.822. The van der Waals surface area contributed by atoms with Crippen LogP contribution in [0, 0.1) is 11.8 Å². The minimum Gasteiger partial charge on any atom is -0.478 e. The van der Waals surface area contributed by atoms with E-state index in [1.807, 2.05) is 6.92 Å². The van der Waals surface area contributed by atoms with Gasteiger partial charge in [0.15, 0.2) is 0 Å². The first-order chi connectivity index (χ1) is 4.95. The molecule has 0 saturated carbocycles. The summed E-state index contributed by atoms with van der Waals surface area (Å²) in [5, 5.41) is 8.54. The summed E-state index contributed by atoms with van der Waals surface area (Å²) >= 11 is 0. The van der Waals surface area contributed by atoms with Crippen LogP contribution in [0.2, 0.25) is 0 Å². The van der Waals surface area contributed by atoms with Gasteiger partial charge in [-0.05, 0) is 18.8 Å². The van der Waals surface area contributed by atoms with Crippen LogP contribution in [0.5, 0.6) is 0 Å². The average molecular weight is 156 g/mol. The van der Waals surface area contributed by atoms with Gasteiger partial charge in [0.2, 0.25) is 0 Å². The van der Waals surface area contributed by atoms with Gasteiger partial charge in [-0.2, -0.15) is 0 Å². The van der Waals surface area contributed by atoms with Crippen molar-refractivity contribution < 1.29 is 9.90 Å². The highest BCUT2D eigenvalue weighted by atomic mass is 16.4. The summed E-state index contributed by atoms with van der Waals surface area (Å²) in [5.74, 6) is 0.0212. The Labute approximate surface area is 67.9 Å². The van der Waals surface area contributed by atoms with Gasteiger partial charge in [0.1, 0.15) is 0 Å². The van der Waals surface area contributed by atoms with E-state index in [0.29, 0.717) is 17.4 Å². The molecule has 11 heavy (non-hydrogen) atoms. The molecule has 0 aliphatic heterocycles. The van der Waals surface area contributed by atoms with E-state index in [4.69, 9.17) is 5.11 Å². The van der Waals surface area contributed by atoms with Crippen LogP contribution in [0.25, 0.3) is 0 Å². The number of allylic oxidation sites excluding steroid dienone is 1. The Kier molecular flexibility index (Phi) is 3.86. The molecule has 0 spiro atoms. The van der Waals surface area contributed by atoms with Crippen LogP contribution in [-0.2, 0) is 4.79 Å². The molecule has 0 saturated heterocycles. The quantitative estimate of drug-likeness (QED) is 0.636. The lowest BCUT2D eigenvalue weighted by Gasteiger charge is -2.10. The second-order valence-corrected chi connectivity index (χ2v) is 3.26. The van der Waals surface area contributed by atoms with Crippen molar-refractivity contribution in [3.63, 3.8) is 0 Å². The van der Waals surface area contributed by atoms with Gasteiger partial charge < -0.3 is 5.11 Å². The van der Waals surface area contributed by atoms with Gasteiger partial charge in [-0.1, -0.05) is 26.8 Å². The SMILES string of the molecule is C/C(=C\[C@@H](C)C(C)C)C(=O)O. The highest BCUT2D eigenvalue weighted by molar-refractivity contribution is 5.85. The lowest BCUT2D eigenvalue weighted by Crippen LogP contribution is -2.04. The van der Waals surface area contributed by atoms with Crippen molar-refractivity contribution in [1.29, 1.82) is 0 Å². The summed E-state index contributed by atoms with van der Waals surface area (Å²) in [6.45, 7) is 7.81. The van der Waals surface area contributed by atoms with Gasteiger partial charge in [-0.25, -0.2) is 4.79 Å². The summed E-state index contributed by atoms with van der Waals surface area (Å²) in [5.41, 5.74) is 0.436. The summed E-state index contributed by atoms with van der Waals surface area (Å²) in [7, 11) is 0. The van der Waals surface area contributed by atoms with Crippen LogP contribution in [0.4, 0.5) is 0 Å². The number of carboxylic acids is 1. The zero-order valence-electron chi connectivity index (χ0n) is 7.59. The maximum absolute atomic E-state index is 10.4. The van der Waals surface area contributed by atoms with Crippen molar-refractivity contribution in [2.24, 2.45) is 11.8 Å². The number of aliphatic carboxylic acids is 1. The molecule has 0 aromatic rings. The van der Waals surface area contributed by atoms with Crippen molar-refractivity contribution in [1.82, 2.24) is 0 Å². The topological polar surface area (TPSA) is 37.3 Å². The molecule has 0 amide bonds. The first kappa shape index (κ1) is 10.2. The van der Waals surface area contributed by atoms with Gasteiger partial charge in [0.05, 0.1) is 0 Å². The molecule has 0 aliphatic rings. The number of hydrogen-bond acceptors (Lipinski definition) is 1. The van der Waals surface area contributed by atoms with E-state index < -0.39 is 5.97 Å². The van der Waals surface area contributed by atoms with Crippen molar-refractivity contribution in [3.05, 3.63) is 11.6 Å². The molecule has 1 atom stereocenters. The predicted octanol–water partition coefficient (Wildman–Crippen LogP) is 2.31. The molecule has 0 heterocycles. The Morgan fingerprint density at radius 1 is 1.36 bits per heavy atom. The number of carboxylic acid groups (broad SMARTS) is 1. The van der Waals surface area contributed by atoms with Crippen LogP contribution in [0.1, 0.15) is 27.7 Å². The Morgan fingerprint density at radius 3 is 2.09 bits per heavy atom. The molecule has 0 rings (SSSR count). The van der Waals surface area contributed by atoms with Crippen molar-refractivity contribution in [3.8, 4) is 0 Å². The molecule has 0 aromatic heterocycles. The lowest BCUT2D eigenvalue weighted by atomic mass is 9.96. The highest BCUT2D eigenvalue weighted by Crippen LogP contribution is 2.13. The van der Waals surface area contributed by atoms with Crippen LogP contribution in [0.3, 0.4) is 0 Å². The Bertz CT molecular complexity index is 168. The Morgan fingerprint density at radius 2 is 1.82 bits per heavy atom. The molecular formula is C9H16O2. The molecule has 0 aromatic carbocycles. The van der Waals surface area contributed by atoms with Gasteiger partial charge in [0.25, 0.3) is 0 Å². The van der Waals surface area contributed by atoms with Crippen molar-refractivity contribution >= 4 is 5.97 Å². The first-order valence-corrected chi connectivity index (χ1v) is 3.87. The average Bonchev–Trinajstić information content (AvgIpc) is 1.87. The molecule has 1 N–H and O–H groups in total. The van der Waals surface area contributed by atoms with E-state index >= 15 is 0 Å². The number of rotatable bonds is 3. The molecule has 0 unspecified atom stereocenters. The molecular weight excluding hydrogens is 140 g/mol. The lowest BCUT2D eigenvalue weighted by molar-refractivity contribution is -0.132. The first-order valence-electron chi connectivity index (χ1n) is 3.87. The fourth-order valence-electron chi connectivity index (χ4n) is 0.658. The fourth-order valence-corrected chi connectivity index (χ4v) is 0.658. The van der Waals surface area contributed by atoms with Crippen LogP contribution >= 0.6 is 0 Å². The predicted molar refractivity (Wildman–Crippen MR) is 45.4 cm³/mol. The van der Waals surface area contributed by atoms with E-state index in [-0.39, 0.29) is 0 Å². The zero-order valence-corrected chi connectivity index (χ0v) is 7.59. The van der Waals surface area contributed by atoms with E-state index in [1.165, 1.54) is 0 Å². The Balaban J connectivity index is 4.19. The zero-order chi connectivity index (χ0) is 9.02. The van der Waals surface area contributed by atoms with Gasteiger partial charge in [0, 0.05) is 5.57 Å². The van der Waals surface area contributed by atoms with Crippen molar-refractivity contribution in [2.75, 3.05) is 0 Å². The minimum absolute atomic E-state index is 0.339. The van der Waals surface area contributed by atoms with E-state index in [0.717, 1.165) is 0 Å². The fraction of sp³-hybridized carbons (Fsp3) is 0.667. The van der Waals surface area contributed by atoms with Gasteiger partial charge >= 0.3 is 5.97 Å². The highest BCUT2D eigenvalue weighted by Gasteiger charge is 2.06. The summed E-state index contributed by atoms with van der Waals surface area (Å²) in [4.78, 5) is 10.4. The summed E-state index contributed by atoms with van der Waals surface area (Å²) < 4.78 is 0. The molecule has 0 bridgehead atoms. The second-order valence-electron chi connectivity index (χ2n) is 3.26. The van der Waals surface area contributed by atoms with Crippen LogP contribution in [-0.4, -0.2) is 11.1 Å². The third-order valence-corrected chi connectivity index (χ3v) is 1.90. The summed E-state index contributed by atoms with van der Waals surface area (Å²) in [6.07, 6.45) is 1.80. The molecule has 0 radical (unpaired) electrons. The van der Waals surface area contributed by atoms with Gasteiger partial charge in [-0.15, -0.1) is 0 Å². The molecule has 0 aliphatic carbocycles. The smallest absolute Gasteiger partial charge is 0.330 e. The monoisotopic (exact) mass is 156 g/mol.